The van der Waals surface area contributed by atoms with Crippen LogP contribution < -0.4 is 11.1 Å². The van der Waals surface area contributed by atoms with Gasteiger partial charge < -0.3 is 11.1 Å². The fourth-order valence-electron chi connectivity index (χ4n) is 2.54. The van der Waals surface area contributed by atoms with Crippen molar-refractivity contribution in [2.75, 3.05) is 12.8 Å². The minimum atomic E-state index is -0.0636. The highest BCUT2D eigenvalue weighted by atomic mass is 32.2. The number of amides is 1. The standard InChI is InChI=1S/C16H21N3OS/c1-21-14-6-4-13(5-7-14)19-16(20)15-8-10-18-11-12(15)3-2-9-17/h8,10-11,13-14H,4-7,9,17H2,1H3,(H,19,20). The fraction of sp³-hybridized carbons (Fsp3) is 0.500. The summed E-state index contributed by atoms with van der Waals surface area (Å²) in [4.78, 5) is 16.4. The number of aromatic nitrogens is 1. The number of hydrogen-bond donors (Lipinski definition) is 2. The van der Waals surface area contributed by atoms with E-state index in [1.165, 1.54) is 12.8 Å². The number of pyridine rings is 1. The normalized spacial score (nSPS) is 21.2. The van der Waals surface area contributed by atoms with Gasteiger partial charge >= 0.3 is 0 Å². The Hall–Kier alpha value is -1.51. The molecule has 1 aromatic heterocycles. The zero-order chi connectivity index (χ0) is 15.1. The molecular formula is C16H21N3OS. The second kappa shape index (κ2) is 8.06. The Morgan fingerprint density at radius 1 is 1.48 bits per heavy atom. The first-order valence-corrected chi connectivity index (χ1v) is 8.50. The van der Waals surface area contributed by atoms with Crippen LogP contribution in [0.4, 0.5) is 0 Å². The molecule has 1 aliphatic rings. The molecule has 1 fully saturated rings. The van der Waals surface area contributed by atoms with E-state index in [-0.39, 0.29) is 18.5 Å². The number of nitrogens with zero attached hydrogens (tertiary/aromatic N) is 1. The fourth-order valence-corrected chi connectivity index (χ4v) is 3.29. The molecule has 0 aliphatic heterocycles. The van der Waals surface area contributed by atoms with E-state index in [0.29, 0.717) is 11.1 Å². The molecule has 1 aromatic rings. The highest BCUT2D eigenvalue weighted by Crippen LogP contribution is 2.27. The monoisotopic (exact) mass is 303 g/mol. The number of nitrogens with one attached hydrogen (secondary N) is 1. The third-order valence-electron chi connectivity index (χ3n) is 3.73. The van der Waals surface area contributed by atoms with E-state index < -0.39 is 0 Å². The molecule has 1 amide bonds. The highest BCUT2D eigenvalue weighted by Gasteiger charge is 2.22. The van der Waals surface area contributed by atoms with Gasteiger partial charge in [-0.1, -0.05) is 11.8 Å². The van der Waals surface area contributed by atoms with Crippen LogP contribution in [0, 0.1) is 11.8 Å². The van der Waals surface area contributed by atoms with Crippen LogP contribution in [-0.2, 0) is 0 Å². The van der Waals surface area contributed by atoms with Crippen molar-refractivity contribution >= 4 is 17.7 Å². The number of thioether (sulfide) groups is 1. The van der Waals surface area contributed by atoms with Crippen molar-refractivity contribution in [3.8, 4) is 11.8 Å². The molecule has 21 heavy (non-hydrogen) atoms. The smallest absolute Gasteiger partial charge is 0.252 e. The van der Waals surface area contributed by atoms with Crippen molar-refractivity contribution in [1.29, 1.82) is 0 Å². The first-order chi connectivity index (χ1) is 10.2. The summed E-state index contributed by atoms with van der Waals surface area (Å²) in [6.45, 7) is 0.272. The molecule has 0 bridgehead atoms. The van der Waals surface area contributed by atoms with Gasteiger partial charge in [0, 0.05) is 23.7 Å². The second-order valence-electron chi connectivity index (χ2n) is 5.11. The Morgan fingerprint density at radius 3 is 2.90 bits per heavy atom. The molecule has 1 aliphatic carbocycles. The summed E-state index contributed by atoms with van der Waals surface area (Å²) in [7, 11) is 0. The molecule has 0 unspecified atom stereocenters. The predicted molar refractivity (Wildman–Crippen MR) is 87.2 cm³/mol. The Kier molecular flexibility index (Phi) is 6.09. The summed E-state index contributed by atoms with van der Waals surface area (Å²) in [5, 5.41) is 3.86. The van der Waals surface area contributed by atoms with E-state index in [4.69, 9.17) is 5.73 Å². The highest BCUT2D eigenvalue weighted by molar-refractivity contribution is 7.99. The molecular weight excluding hydrogens is 282 g/mol. The van der Waals surface area contributed by atoms with Crippen LogP contribution in [0.15, 0.2) is 18.5 Å². The van der Waals surface area contributed by atoms with Gasteiger partial charge in [-0.3, -0.25) is 9.78 Å². The first-order valence-electron chi connectivity index (χ1n) is 7.21. The van der Waals surface area contributed by atoms with Crippen molar-refractivity contribution in [3.05, 3.63) is 29.6 Å². The lowest BCUT2D eigenvalue weighted by Gasteiger charge is -2.28. The van der Waals surface area contributed by atoms with Gasteiger partial charge in [0.2, 0.25) is 0 Å². The molecule has 1 saturated carbocycles. The first kappa shape index (κ1) is 15.9. The molecule has 0 atom stereocenters. The number of nitrogens with two attached hydrogens (primary N) is 1. The molecule has 0 aromatic carbocycles. The average molecular weight is 303 g/mol. The van der Waals surface area contributed by atoms with E-state index in [9.17, 15) is 4.79 Å². The van der Waals surface area contributed by atoms with E-state index in [0.717, 1.165) is 18.1 Å². The SMILES string of the molecule is CSC1CCC(NC(=O)c2ccncc2C#CCN)CC1. The lowest BCUT2D eigenvalue weighted by molar-refractivity contribution is 0.0928. The minimum Gasteiger partial charge on any atom is -0.349 e. The average Bonchev–Trinajstić information content (AvgIpc) is 2.54. The summed E-state index contributed by atoms with van der Waals surface area (Å²) in [6.07, 6.45) is 9.82. The molecule has 4 nitrogen and oxygen atoms in total. The van der Waals surface area contributed by atoms with Crippen molar-refractivity contribution < 1.29 is 4.79 Å². The predicted octanol–water partition coefficient (Wildman–Crippen LogP) is 1.80. The van der Waals surface area contributed by atoms with Crippen LogP contribution in [-0.4, -0.2) is 35.0 Å². The van der Waals surface area contributed by atoms with Crippen molar-refractivity contribution in [2.45, 2.75) is 37.0 Å². The van der Waals surface area contributed by atoms with Crippen LogP contribution in [0.25, 0.3) is 0 Å². The summed E-state index contributed by atoms with van der Waals surface area (Å²) in [5.74, 6) is 5.61. The Morgan fingerprint density at radius 2 is 2.24 bits per heavy atom. The third-order valence-corrected chi connectivity index (χ3v) is 4.87. The van der Waals surface area contributed by atoms with Gasteiger partial charge in [0.15, 0.2) is 0 Å². The molecule has 0 radical (unpaired) electrons. The largest absolute Gasteiger partial charge is 0.349 e. The van der Waals surface area contributed by atoms with Crippen molar-refractivity contribution in [2.24, 2.45) is 5.73 Å². The van der Waals surface area contributed by atoms with Crippen LogP contribution in [0.1, 0.15) is 41.6 Å². The van der Waals surface area contributed by atoms with Gasteiger partial charge in [-0.15, -0.1) is 0 Å². The number of hydrogen-bond acceptors (Lipinski definition) is 4. The topological polar surface area (TPSA) is 68.0 Å². The number of carbonyl (C=O) groups excluding carboxylic acids is 1. The summed E-state index contributed by atoms with van der Waals surface area (Å²) >= 11 is 1.92. The van der Waals surface area contributed by atoms with Gasteiger partial charge in [0.1, 0.15) is 0 Å². The van der Waals surface area contributed by atoms with Gasteiger partial charge in [0.05, 0.1) is 17.7 Å². The van der Waals surface area contributed by atoms with Crippen molar-refractivity contribution in [3.63, 3.8) is 0 Å². The van der Waals surface area contributed by atoms with E-state index in [1.54, 1.807) is 18.5 Å². The molecule has 112 valence electrons. The van der Waals surface area contributed by atoms with E-state index in [1.807, 2.05) is 11.8 Å². The summed E-state index contributed by atoms with van der Waals surface area (Å²) < 4.78 is 0. The molecule has 3 N–H and O–H groups in total. The second-order valence-corrected chi connectivity index (χ2v) is 6.25. The molecule has 5 heteroatoms. The summed E-state index contributed by atoms with van der Waals surface area (Å²) in [5.41, 5.74) is 6.60. The maximum atomic E-state index is 12.4. The number of carbonyl (C=O) groups is 1. The van der Waals surface area contributed by atoms with Gasteiger partial charge in [0.25, 0.3) is 5.91 Å². The van der Waals surface area contributed by atoms with Gasteiger partial charge in [-0.2, -0.15) is 11.8 Å². The molecule has 2 rings (SSSR count). The summed E-state index contributed by atoms with van der Waals surface area (Å²) in [6, 6.07) is 1.98. The lowest BCUT2D eigenvalue weighted by atomic mass is 9.94. The zero-order valence-corrected chi connectivity index (χ0v) is 13.1. The maximum Gasteiger partial charge on any atom is 0.252 e. The maximum absolute atomic E-state index is 12.4. The Bertz CT molecular complexity index is 542. The zero-order valence-electron chi connectivity index (χ0n) is 12.3. The van der Waals surface area contributed by atoms with Crippen LogP contribution in [0.5, 0.6) is 0 Å². The number of rotatable bonds is 3. The van der Waals surface area contributed by atoms with Crippen molar-refractivity contribution in [1.82, 2.24) is 10.3 Å². The van der Waals surface area contributed by atoms with E-state index in [2.05, 4.69) is 28.4 Å². The molecule has 0 saturated heterocycles. The van der Waals surface area contributed by atoms with Gasteiger partial charge in [-0.25, -0.2) is 0 Å². The van der Waals surface area contributed by atoms with E-state index >= 15 is 0 Å². The third kappa shape index (κ3) is 4.48. The quantitative estimate of drug-likeness (QED) is 0.836. The molecule has 0 spiro atoms. The Labute approximate surface area is 130 Å². The Balaban J connectivity index is 2.01. The van der Waals surface area contributed by atoms with Crippen LogP contribution in [0.3, 0.4) is 0 Å². The van der Waals surface area contributed by atoms with Crippen LogP contribution in [0.2, 0.25) is 0 Å². The van der Waals surface area contributed by atoms with Crippen LogP contribution >= 0.6 is 11.8 Å². The lowest BCUT2D eigenvalue weighted by Crippen LogP contribution is -2.38. The molecule has 1 heterocycles. The van der Waals surface area contributed by atoms with Gasteiger partial charge in [-0.05, 0) is 38.0 Å². The minimum absolute atomic E-state index is 0.0636.